The molecule has 0 saturated heterocycles. The lowest BCUT2D eigenvalue weighted by molar-refractivity contribution is 0.133. The molecule has 2 rings (SSSR count). The van der Waals surface area contributed by atoms with E-state index in [1.54, 1.807) is 0 Å². The Morgan fingerprint density at radius 2 is 2.00 bits per heavy atom. The van der Waals surface area contributed by atoms with Gasteiger partial charge < -0.3 is 14.6 Å². The van der Waals surface area contributed by atoms with Crippen LogP contribution in [0.5, 0.6) is 0 Å². The predicted octanol–water partition coefficient (Wildman–Crippen LogP) is 3.61. The molecule has 0 atom stereocenters. The molecule has 0 amide bonds. The van der Waals surface area contributed by atoms with Crippen LogP contribution in [-0.2, 0) is 17.7 Å². The third kappa shape index (κ3) is 4.58. The Hall–Kier alpha value is -1.32. The molecule has 3 nitrogen and oxygen atoms in total. The molecule has 0 spiro atoms. The molecule has 1 aromatic carbocycles. The molecule has 0 fully saturated rings. The summed E-state index contributed by atoms with van der Waals surface area (Å²) in [5.74, 6) is 0. The summed E-state index contributed by atoms with van der Waals surface area (Å²) in [4.78, 5) is 0. The first kappa shape index (κ1) is 16.1. The van der Waals surface area contributed by atoms with E-state index < -0.39 is 0 Å². The molecule has 0 aliphatic heterocycles. The van der Waals surface area contributed by atoms with Crippen LogP contribution in [0.3, 0.4) is 0 Å². The maximum Gasteiger partial charge on any atom is 0.0590 e. The first-order valence-corrected chi connectivity index (χ1v) is 8.22. The van der Waals surface area contributed by atoms with Gasteiger partial charge in [-0.1, -0.05) is 38.5 Å². The Bertz CT molecular complexity index is 533. The van der Waals surface area contributed by atoms with Crippen LogP contribution in [0.2, 0.25) is 0 Å². The van der Waals surface area contributed by atoms with Crippen LogP contribution in [0.15, 0.2) is 30.5 Å². The van der Waals surface area contributed by atoms with Gasteiger partial charge in [0.15, 0.2) is 0 Å². The quantitative estimate of drug-likeness (QED) is 0.676. The van der Waals surface area contributed by atoms with Crippen molar-refractivity contribution in [3.05, 3.63) is 36.0 Å². The first-order valence-electron chi connectivity index (χ1n) is 8.22. The summed E-state index contributed by atoms with van der Waals surface area (Å²) in [7, 11) is 0. The van der Waals surface area contributed by atoms with Gasteiger partial charge in [-0.05, 0) is 29.9 Å². The van der Waals surface area contributed by atoms with Crippen LogP contribution in [0.4, 0.5) is 0 Å². The molecule has 21 heavy (non-hydrogen) atoms. The Balaban J connectivity index is 1.76. The van der Waals surface area contributed by atoms with Gasteiger partial charge in [-0.15, -0.1) is 0 Å². The van der Waals surface area contributed by atoms with Crippen LogP contribution in [0, 0.1) is 0 Å². The van der Waals surface area contributed by atoms with E-state index >= 15 is 0 Å². The fourth-order valence-electron chi connectivity index (χ4n) is 2.63. The van der Waals surface area contributed by atoms with Crippen LogP contribution >= 0.6 is 0 Å². The molecule has 0 unspecified atom stereocenters. The van der Waals surface area contributed by atoms with Crippen LogP contribution in [0.1, 0.15) is 32.3 Å². The Kier molecular flexibility index (Phi) is 6.77. The summed E-state index contributed by atoms with van der Waals surface area (Å²) >= 11 is 0. The van der Waals surface area contributed by atoms with Crippen molar-refractivity contribution in [3.8, 4) is 0 Å². The number of aryl methyl sites for hydroxylation is 1. The van der Waals surface area contributed by atoms with E-state index in [2.05, 4.69) is 54.2 Å². The van der Waals surface area contributed by atoms with Crippen molar-refractivity contribution in [2.45, 2.75) is 39.7 Å². The average Bonchev–Trinajstić information content (AvgIpc) is 2.93. The van der Waals surface area contributed by atoms with E-state index in [9.17, 15) is 0 Å². The highest BCUT2D eigenvalue weighted by Gasteiger charge is 2.04. The third-order valence-electron chi connectivity index (χ3n) is 3.85. The van der Waals surface area contributed by atoms with Gasteiger partial charge in [0, 0.05) is 32.4 Å². The van der Waals surface area contributed by atoms with Crippen molar-refractivity contribution in [3.63, 3.8) is 0 Å². The molecular formula is C18H28N2O. The number of nitrogens with zero attached hydrogens (tertiary/aromatic N) is 1. The van der Waals surface area contributed by atoms with Gasteiger partial charge in [0.2, 0.25) is 0 Å². The second-order valence-corrected chi connectivity index (χ2v) is 5.43. The van der Waals surface area contributed by atoms with Gasteiger partial charge in [0.1, 0.15) is 0 Å². The summed E-state index contributed by atoms with van der Waals surface area (Å²) in [6.07, 6.45) is 5.65. The third-order valence-corrected chi connectivity index (χ3v) is 3.85. The minimum absolute atomic E-state index is 0.812. The number of hydrogen-bond donors (Lipinski definition) is 1. The van der Waals surface area contributed by atoms with Crippen molar-refractivity contribution < 1.29 is 4.74 Å². The van der Waals surface area contributed by atoms with Gasteiger partial charge in [-0.25, -0.2) is 0 Å². The molecule has 0 radical (unpaired) electrons. The van der Waals surface area contributed by atoms with Gasteiger partial charge in [-0.3, -0.25) is 0 Å². The number of benzene rings is 1. The second-order valence-electron chi connectivity index (χ2n) is 5.43. The van der Waals surface area contributed by atoms with E-state index in [1.165, 1.54) is 22.9 Å². The molecule has 1 aromatic heterocycles. The van der Waals surface area contributed by atoms with Crippen LogP contribution < -0.4 is 5.32 Å². The van der Waals surface area contributed by atoms with E-state index in [0.29, 0.717) is 0 Å². The molecule has 1 heterocycles. The van der Waals surface area contributed by atoms with E-state index in [-0.39, 0.29) is 0 Å². The number of ether oxygens (including phenoxy) is 1. The number of nitrogens with one attached hydrogen (secondary N) is 1. The van der Waals surface area contributed by atoms with Crippen LogP contribution in [-0.4, -0.2) is 30.9 Å². The highest BCUT2D eigenvalue weighted by atomic mass is 16.5. The SMILES string of the molecule is CCCCOCCNCCn1ccc2cccc(CC)c21. The van der Waals surface area contributed by atoms with Crippen molar-refractivity contribution in [1.29, 1.82) is 0 Å². The summed E-state index contributed by atoms with van der Waals surface area (Å²) in [6, 6.07) is 8.79. The van der Waals surface area contributed by atoms with Crippen LogP contribution in [0.25, 0.3) is 10.9 Å². The smallest absolute Gasteiger partial charge is 0.0590 e. The summed E-state index contributed by atoms with van der Waals surface area (Å²) in [6.45, 7) is 9.04. The molecule has 0 bridgehead atoms. The molecule has 0 aliphatic rings. The molecule has 1 N–H and O–H groups in total. The fraction of sp³-hybridized carbons (Fsp3) is 0.556. The summed E-state index contributed by atoms with van der Waals surface area (Å²) < 4.78 is 7.91. The zero-order valence-electron chi connectivity index (χ0n) is 13.4. The van der Waals surface area contributed by atoms with Gasteiger partial charge in [0.25, 0.3) is 0 Å². The summed E-state index contributed by atoms with van der Waals surface area (Å²) in [5, 5.41) is 4.80. The Labute approximate surface area is 128 Å². The van der Waals surface area contributed by atoms with Gasteiger partial charge >= 0.3 is 0 Å². The number of fused-ring (bicyclic) bond motifs is 1. The normalized spacial score (nSPS) is 11.3. The molecular weight excluding hydrogens is 260 g/mol. The number of rotatable bonds is 10. The maximum atomic E-state index is 5.55. The average molecular weight is 288 g/mol. The number of aromatic nitrogens is 1. The van der Waals surface area contributed by atoms with Crippen molar-refractivity contribution in [2.24, 2.45) is 0 Å². The van der Waals surface area contributed by atoms with Crippen molar-refractivity contribution in [1.82, 2.24) is 9.88 Å². The topological polar surface area (TPSA) is 26.2 Å². The van der Waals surface area contributed by atoms with E-state index in [4.69, 9.17) is 4.74 Å². The van der Waals surface area contributed by atoms with Gasteiger partial charge in [-0.2, -0.15) is 0 Å². The second kappa shape index (κ2) is 8.85. The first-order chi connectivity index (χ1) is 10.4. The predicted molar refractivity (Wildman–Crippen MR) is 89.9 cm³/mol. The number of hydrogen-bond acceptors (Lipinski definition) is 2. The minimum atomic E-state index is 0.812. The number of unbranched alkanes of at least 4 members (excludes halogenated alkanes) is 1. The highest BCUT2D eigenvalue weighted by Crippen LogP contribution is 2.20. The lowest BCUT2D eigenvalue weighted by Crippen LogP contribution is -2.24. The zero-order valence-corrected chi connectivity index (χ0v) is 13.4. The molecule has 0 aliphatic carbocycles. The van der Waals surface area contributed by atoms with E-state index in [0.717, 1.165) is 45.7 Å². The zero-order chi connectivity index (χ0) is 14.9. The highest BCUT2D eigenvalue weighted by molar-refractivity contribution is 5.83. The van der Waals surface area contributed by atoms with Crippen molar-refractivity contribution >= 4 is 10.9 Å². The molecule has 2 aromatic rings. The Morgan fingerprint density at radius 1 is 1.10 bits per heavy atom. The largest absolute Gasteiger partial charge is 0.380 e. The maximum absolute atomic E-state index is 5.55. The lowest BCUT2D eigenvalue weighted by atomic mass is 10.1. The lowest BCUT2D eigenvalue weighted by Gasteiger charge is -2.10. The summed E-state index contributed by atoms with van der Waals surface area (Å²) in [5.41, 5.74) is 2.82. The fourth-order valence-corrected chi connectivity index (χ4v) is 2.63. The van der Waals surface area contributed by atoms with Gasteiger partial charge in [0.05, 0.1) is 12.1 Å². The minimum Gasteiger partial charge on any atom is -0.380 e. The molecule has 0 saturated carbocycles. The molecule has 116 valence electrons. The molecule has 3 heteroatoms. The Morgan fingerprint density at radius 3 is 2.81 bits per heavy atom. The van der Waals surface area contributed by atoms with E-state index in [1.807, 2.05) is 0 Å². The number of para-hydroxylation sites is 1. The van der Waals surface area contributed by atoms with Crippen molar-refractivity contribution in [2.75, 3.05) is 26.3 Å². The standard InChI is InChI=1S/C18H28N2O/c1-3-5-14-21-15-11-19-10-13-20-12-9-17-8-6-7-16(4-2)18(17)20/h6-9,12,19H,3-5,10-11,13-15H2,1-2H3. The monoisotopic (exact) mass is 288 g/mol.